The third-order valence-corrected chi connectivity index (χ3v) is 10.2. The minimum absolute atomic E-state index is 0. The van der Waals surface area contributed by atoms with Gasteiger partial charge in [0.15, 0.2) is 0 Å². The van der Waals surface area contributed by atoms with Gasteiger partial charge in [-0.1, -0.05) is 117 Å². The zero-order valence-corrected chi connectivity index (χ0v) is 32.2. The van der Waals surface area contributed by atoms with Gasteiger partial charge in [-0.2, -0.15) is 17.2 Å². The molecular weight excluding hydrogens is 844 g/mol. The first-order valence-corrected chi connectivity index (χ1v) is 17.9. The molecule has 6 aromatic carbocycles. The fraction of sp³-hybridized carbons (Fsp3) is 0.0833. The molecule has 5 nitrogen and oxygen atoms in total. The minimum atomic E-state index is -0.0145. The van der Waals surface area contributed by atoms with Crippen LogP contribution in [-0.2, 0) is 26.5 Å². The second-order valence-electron chi connectivity index (χ2n) is 14.6. The molecule has 262 valence electrons. The predicted octanol–water partition coefficient (Wildman–Crippen LogP) is 12.0. The van der Waals surface area contributed by atoms with E-state index < -0.39 is 0 Å². The van der Waals surface area contributed by atoms with Crippen LogP contribution < -0.4 is 4.74 Å². The Balaban J connectivity index is 0.00000384. The summed E-state index contributed by atoms with van der Waals surface area (Å²) in [6.07, 6.45) is 4.01. The van der Waals surface area contributed by atoms with E-state index in [2.05, 4.69) is 159 Å². The van der Waals surface area contributed by atoms with Crippen LogP contribution in [0, 0.1) is 12.1 Å². The molecule has 0 N–H and O–H groups in total. The number of ether oxygens (including phenoxy) is 1. The van der Waals surface area contributed by atoms with E-state index in [-0.39, 0.29) is 26.5 Å². The van der Waals surface area contributed by atoms with Gasteiger partial charge in [0, 0.05) is 40.5 Å². The third-order valence-electron chi connectivity index (χ3n) is 10.2. The molecule has 0 fully saturated rings. The second-order valence-corrected chi connectivity index (χ2v) is 14.6. The number of para-hydroxylation sites is 1. The summed E-state index contributed by atoms with van der Waals surface area (Å²) < 4.78 is 10.6. The molecule has 0 spiro atoms. The molecule has 6 heteroatoms. The number of benzene rings is 6. The van der Waals surface area contributed by atoms with E-state index in [0.29, 0.717) is 11.5 Å². The van der Waals surface area contributed by atoms with Gasteiger partial charge in [0.05, 0.1) is 0 Å². The van der Waals surface area contributed by atoms with Crippen molar-refractivity contribution in [2.75, 3.05) is 0 Å². The summed E-state index contributed by atoms with van der Waals surface area (Å²) >= 11 is 0. The van der Waals surface area contributed by atoms with E-state index in [9.17, 15) is 0 Å². The minimum Gasteiger partial charge on any atom is -0.509 e. The van der Waals surface area contributed by atoms with Crippen LogP contribution in [0.5, 0.6) is 11.5 Å². The Hall–Kier alpha value is -6.03. The van der Waals surface area contributed by atoms with Gasteiger partial charge in [0.2, 0.25) is 0 Å². The number of aromatic nitrogens is 4. The van der Waals surface area contributed by atoms with Crippen LogP contribution in [0.1, 0.15) is 26.3 Å². The molecular formula is C48H34N4OPt. The molecule has 0 saturated carbocycles. The molecule has 9 aromatic rings. The fourth-order valence-electron chi connectivity index (χ4n) is 7.65. The number of fused-ring (bicyclic) bond motifs is 11. The van der Waals surface area contributed by atoms with Crippen LogP contribution in [-0.4, -0.2) is 19.3 Å². The number of hydrogen-bond acceptors (Lipinski definition) is 3. The van der Waals surface area contributed by atoms with Gasteiger partial charge in [-0.15, -0.1) is 35.7 Å². The average molecular weight is 878 g/mol. The Morgan fingerprint density at radius 2 is 1.19 bits per heavy atom. The van der Waals surface area contributed by atoms with Gasteiger partial charge in [0.1, 0.15) is 11.5 Å². The Morgan fingerprint density at radius 3 is 1.89 bits per heavy atom. The zero-order valence-electron chi connectivity index (χ0n) is 29.9. The molecule has 0 bridgehead atoms. The van der Waals surface area contributed by atoms with Crippen molar-refractivity contribution in [1.29, 1.82) is 0 Å². The van der Waals surface area contributed by atoms with Crippen molar-refractivity contribution in [2.45, 2.75) is 26.2 Å². The first-order valence-electron chi connectivity index (χ1n) is 17.9. The van der Waals surface area contributed by atoms with Crippen molar-refractivity contribution in [3.63, 3.8) is 0 Å². The summed E-state index contributed by atoms with van der Waals surface area (Å²) in [4.78, 5) is 4.82. The monoisotopic (exact) mass is 877 g/mol. The molecule has 1 aliphatic rings. The van der Waals surface area contributed by atoms with E-state index in [1.54, 1.807) is 0 Å². The smallest absolute Gasteiger partial charge is 0.509 e. The summed E-state index contributed by atoms with van der Waals surface area (Å²) in [7, 11) is 0. The third kappa shape index (κ3) is 5.59. The topological polar surface area (TPSA) is 44.9 Å². The normalized spacial score (nSPS) is 11.8. The molecule has 0 amide bonds. The molecule has 10 rings (SSSR count). The van der Waals surface area contributed by atoms with E-state index in [1.807, 2.05) is 35.1 Å². The fourth-order valence-corrected chi connectivity index (χ4v) is 7.65. The van der Waals surface area contributed by atoms with E-state index in [1.165, 1.54) is 22.3 Å². The largest absolute Gasteiger partial charge is 2.00 e. The molecule has 3 aromatic heterocycles. The summed E-state index contributed by atoms with van der Waals surface area (Å²) in [6, 6.07) is 55.5. The molecule has 0 radical (unpaired) electrons. The molecule has 0 unspecified atom stereocenters. The van der Waals surface area contributed by atoms with Crippen LogP contribution in [0.15, 0.2) is 152 Å². The first kappa shape index (κ1) is 33.8. The van der Waals surface area contributed by atoms with Crippen molar-refractivity contribution in [2.24, 2.45) is 0 Å². The molecule has 1 aliphatic carbocycles. The maximum absolute atomic E-state index is 6.52. The molecule has 0 aliphatic heterocycles. The Morgan fingerprint density at radius 1 is 0.574 bits per heavy atom. The van der Waals surface area contributed by atoms with Gasteiger partial charge >= 0.3 is 21.1 Å². The van der Waals surface area contributed by atoms with Crippen molar-refractivity contribution in [3.8, 4) is 67.6 Å². The van der Waals surface area contributed by atoms with Crippen LogP contribution in [0.2, 0.25) is 0 Å². The van der Waals surface area contributed by atoms with Crippen molar-refractivity contribution < 1.29 is 25.8 Å². The summed E-state index contributed by atoms with van der Waals surface area (Å²) in [6.45, 7) is 6.66. The second kappa shape index (κ2) is 13.1. The number of rotatable bonds is 4. The first-order chi connectivity index (χ1) is 25.9. The average Bonchev–Trinajstić information content (AvgIpc) is 3.77. The van der Waals surface area contributed by atoms with E-state index in [4.69, 9.17) is 14.8 Å². The van der Waals surface area contributed by atoms with Gasteiger partial charge in [0.25, 0.3) is 0 Å². The summed E-state index contributed by atoms with van der Waals surface area (Å²) in [5.74, 6) is 2.02. The van der Waals surface area contributed by atoms with Crippen molar-refractivity contribution in [1.82, 2.24) is 19.3 Å². The predicted molar refractivity (Wildman–Crippen MR) is 214 cm³/mol. The van der Waals surface area contributed by atoms with Gasteiger partial charge < -0.3 is 9.30 Å². The quantitative estimate of drug-likeness (QED) is 0.165. The molecule has 0 atom stereocenters. The van der Waals surface area contributed by atoms with Gasteiger partial charge in [-0.25, -0.2) is 4.98 Å². The maximum atomic E-state index is 6.52. The van der Waals surface area contributed by atoms with Crippen molar-refractivity contribution in [3.05, 3.63) is 170 Å². The maximum Gasteiger partial charge on any atom is 2.00 e. The summed E-state index contributed by atoms with van der Waals surface area (Å²) in [5.41, 5.74) is 12.9. The van der Waals surface area contributed by atoms with Crippen LogP contribution >= 0.6 is 0 Å². The van der Waals surface area contributed by atoms with Crippen LogP contribution in [0.3, 0.4) is 0 Å². The van der Waals surface area contributed by atoms with Gasteiger partial charge in [-0.05, 0) is 68.1 Å². The standard InChI is InChI=1S/C48H34N4O.Pt/c1-48(2,3)31-25-26-49-46(27-31)52-44-22-11-10-20-40(44)41-24-23-34(29-45(41)52)53-33-14-12-13-32(28-33)51-30-43-39-19-7-6-17-37(39)35-15-4-5-16-36(35)38-18-8-9-21-42(38)47(43)50-51;/h4-27,30H,1-3H3;/q-2;+2. The SMILES string of the molecule is CC(C)(C)c1ccnc(-n2c3[c-]c(Oc4[c-]c(-n5cc6c(n5)-c5ccccc5-c5ccccc5-c5ccccc5-6)ccc4)ccc3c3ccccc32)c1.[Pt+2]. The van der Waals surface area contributed by atoms with Gasteiger partial charge in [-0.3, -0.25) is 4.68 Å². The number of nitrogens with zero attached hydrogens (tertiary/aromatic N) is 4. The zero-order chi connectivity index (χ0) is 35.7. The van der Waals surface area contributed by atoms with E-state index >= 15 is 0 Å². The van der Waals surface area contributed by atoms with Crippen LogP contribution in [0.4, 0.5) is 0 Å². The van der Waals surface area contributed by atoms with Crippen LogP contribution in [0.25, 0.3) is 77.9 Å². The van der Waals surface area contributed by atoms with E-state index in [0.717, 1.165) is 61.3 Å². The molecule has 54 heavy (non-hydrogen) atoms. The summed E-state index contributed by atoms with van der Waals surface area (Å²) in [5, 5.41) is 7.46. The number of hydrogen-bond donors (Lipinski definition) is 0. The van der Waals surface area contributed by atoms with Crippen molar-refractivity contribution >= 4 is 21.8 Å². The molecule has 3 heterocycles. The Kier molecular flexibility index (Phi) is 8.21. The number of pyridine rings is 1. The Bertz CT molecular complexity index is 2790. The Labute approximate surface area is 328 Å². The molecule has 0 saturated heterocycles.